The fraction of sp³-hybridized carbons (Fsp3) is 0.333. The van der Waals surface area contributed by atoms with Gasteiger partial charge >= 0.3 is 5.97 Å². The number of unbranched alkanes of at least 4 members (excludes halogenated alkanes) is 1. The molecule has 21 heavy (non-hydrogen) atoms. The number of hydrogen-bond donors (Lipinski definition) is 2. The molecule has 0 aliphatic heterocycles. The second kappa shape index (κ2) is 6.39. The molecular formula is C15H16FNO4. The number of fused-ring (bicyclic) bond motifs is 1. The Morgan fingerprint density at radius 3 is 2.81 bits per heavy atom. The summed E-state index contributed by atoms with van der Waals surface area (Å²) in [6.45, 7) is 2.07. The lowest BCUT2D eigenvalue weighted by molar-refractivity contribution is -0.137. The Bertz CT molecular complexity index is 678. The molecule has 1 aromatic heterocycles. The lowest BCUT2D eigenvalue weighted by Gasteiger charge is -2.02. The van der Waals surface area contributed by atoms with Gasteiger partial charge in [-0.2, -0.15) is 0 Å². The predicted molar refractivity (Wildman–Crippen MR) is 74.7 cm³/mol. The van der Waals surface area contributed by atoms with Gasteiger partial charge in [0.05, 0.1) is 0 Å². The van der Waals surface area contributed by atoms with Crippen molar-refractivity contribution in [2.45, 2.75) is 26.2 Å². The Morgan fingerprint density at radius 2 is 2.10 bits per heavy atom. The van der Waals surface area contributed by atoms with Gasteiger partial charge in [-0.3, -0.25) is 9.59 Å². The molecule has 6 heteroatoms. The molecule has 0 bridgehead atoms. The van der Waals surface area contributed by atoms with Gasteiger partial charge in [0.1, 0.15) is 11.4 Å². The molecule has 0 aliphatic carbocycles. The van der Waals surface area contributed by atoms with Crippen molar-refractivity contribution in [3.63, 3.8) is 0 Å². The minimum Gasteiger partial charge on any atom is -0.481 e. The third-order valence-corrected chi connectivity index (χ3v) is 3.21. The number of carbonyl (C=O) groups is 2. The lowest BCUT2D eigenvalue weighted by Crippen LogP contribution is -2.24. The van der Waals surface area contributed by atoms with E-state index in [1.54, 1.807) is 6.92 Å². The molecule has 5 nitrogen and oxygen atoms in total. The van der Waals surface area contributed by atoms with Crippen molar-refractivity contribution in [2.75, 3.05) is 6.54 Å². The molecule has 1 aromatic carbocycles. The third kappa shape index (κ3) is 3.59. The van der Waals surface area contributed by atoms with Crippen molar-refractivity contribution in [2.24, 2.45) is 0 Å². The number of carbonyl (C=O) groups excluding carboxylic acids is 1. The van der Waals surface area contributed by atoms with Crippen molar-refractivity contribution in [1.82, 2.24) is 5.32 Å². The molecule has 0 fully saturated rings. The SMILES string of the molecule is Cc1c(C(=O)NCCCCC(=O)O)oc2ccc(F)cc12. The van der Waals surface area contributed by atoms with E-state index in [1.165, 1.54) is 18.2 Å². The minimum absolute atomic E-state index is 0.0822. The second-order valence-electron chi connectivity index (χ2n) is 4.80. The van der Waals surface area contributed by atoms with Crippen LogP contribution in [-0.2, 0) is 4.79 Å². The number of aryl methyl sites for hydroxylation is 1. The van der Waals surface area contributed by atoms with E-state index < -0.39 is 5.97 Å². The first-order valence-corrected chi connectivity index (χ1v) is 6.67. The van der Waals surface area contributed by atoms with Crippen LogP contribution in [0, 0.1) is 12.7 Å². The number of aliphatic carboxylic acids is 1. The van der Waals surface area contributed by atoms with Crippen LogP contribution < -0.4 is 5.32 Å². The summed E-state index contributed by atoms with van der Waals surface area (Å²) in [6, 6.07) is 4.10. The Balaban J connectivity index is 1.99. The summed E-state index contributed by atoms with van der Waals surface area (Å²) in [4.78, 5) is 22.4. The summed E-state index contributed by atoms with van der Waals surface area (Å²) in [6.07, 6.45) is 1.16. The highest BCUT2D eigenvalue weighted by atomic mass is 19.1. The fourth-order valence-corrected chi connectivity index (χ4v) is 2.09. The molecule has 112 valence electrons. The quantitative estimate of drug-likeness (QED) is 0.803. The molecule has 0 saturated carbocycles. The number of rotatable bonds is 6. The number of carboxylic acids is 1. The van der Waals surface area contributed by atoms with E-state index >= 15 is 0 Å². The molecule has 2 N–H and O–H groups in total. The van der Waals surface area contributed by atoms with Crippen molar-refractivity contribution in [3.8, 4) is 0 Å². The Kier molecular flexibility index (Phi) is 4.57. The minimum atomic E-state index is -0.850. The van der Waals surface area contributed by atoms with E-state index in [0.29, 0.717) is 35.9 Å². The highest BCUT2D eigenvalue weighted by molar-refractivity contribution is 5.98. The van der Waals surface area contributed by atoms with Gasteiger partial charge in [-0.1, -0.05) is 0 Å². The molecule has 1 heterocycles. The number of benzene rings is 1. The van der Waals surface area contributed by atoms with Gasteiger partial charge in [-0.15, -0.1) is 0 Å². The van der Waals surface area contributed by atoms with Gasteiger partial charge in [0.25, 0.3) is 5.91 Å². The number of furan rings is 1. The number of amides is 1. The van der Waals surface area contributed by atoms with E-state index in [1.807, 2.05) is 0 Å². The Labute approximate surface area is 120 Å². The maximum absolute atomic E-state index is 13.2. The van der Waals surface area contributed by atoms with Crippen LogP contribution in [0.2, 0.25) is 0 Å². The van der Waals surface area contributed by atoms with E-state index in [-0.39, 0.29) is 23.9 Å². The molecule has 0 atom stereocenters. The third-order valence-electron chi connectivity index (χ3n) is 3.21. The zero-order valence-electron chi connectivity index (χ0n) is 11.6. The number of hydrogen-bond acceptors (Lipinski definition) is 3. The van der Waals surface area contributed by atoms with Crippen LogP contribution >= 0.6 is 0 Å². The van der Waals surface area contributed by atoms with Crippen LogP contribution in [0.3, 0.4) is 0 Å². The zero-order chi connectivity index (χ0) is 15.4. The van der Waals surface area contributed by atoms with Crippen LogP contribution in [0.25, 0.3) is 11.0 Å². The Morgan fingerprint density at radius 1 is 1.33 bits per heavy atom. The van der Waals surface area contributed by atoms with Gasteiger partial charge in [0.15, 0.2) is 5.76 Å². The van der Waals surface area contributed by atoms with Crippen LogP contribution in [0.15, 0.2) is 22.6 Å². The van der Waals surface area contributed by atoms with Gasteiger partial charge in [-0.05, 0) is 38.0 Å². The van der Waals surface area contributed by atoms with Crippen LogP contribution in [0.5, 0.6) is 0 Å². The molecule has 0 aliphatic rings. The highest BCUT2D eigenvalue weighted by Gasteiger charge is 2.17. The van der Waals surface area contributed by atoms with Crippen LogP contribution in [-0.4, -0.2) is 23.5 Å². The molecule has 0 radical (unpaired) electrons. The summed E-state index contributed by atoms with van der Waals surface area (Å²) in [7, 11) is 0. The first-order chi connectivity index (χ1) is 9.99. The average Bonchev–Trinajstić information content (AvgIpc) is 2.75. The molecular weight excluding hydrogens is 277 g/mol. The maximum atomic E-state index is 13.2. The summed E-state index contributed by atoms with van der Waals surface area (Å²) >= 11 is 0. The van der Waals surface area contributed by atoms with E-state index in [4.69, 9.17) is 9.52 Å². The topological polar surface area (TPSA) is 79.5 Å². The molecule has 2 aromatic rings. The van der Waals surface area contributed by atoms with Crippen molar-refractivity contribution >= 4 is 22.8 Å². The normalized spacial score (nSPS) is 10.8. The van der Waals surface area contributed by atoms with Crippen molar-refractivity contribution in [3.05, 3.63) is 35.3 Å². The van der Waals surface area contributed by atoms with E-state index in [0.717, 1.165) is 0 Å². The number of halogens is 1. The van der Waals surface area contributed by atoms with E-state index in [9.17, 15) is 14.0 Å². The monoisotopic (exact) mass is 293 g/mol. The van der Waals surface area contributed by atoms with Gasteiger partial charge in [0.2, 0.25) is 0 Å². The first-order valence-electron chi connectivity index (χ1n) is 6.67. The number of carboxylic acid groups (broad SMARTS) is 1. The van der Waals surface area contributed by atoms with Crippen LogP contribution in [0.1, 0.15) is 35.4 Å². The summed E-state index contributed by atoms with van der Waals surface area (Å²) in [5.41, 5.74) is 1.05. The summed E-state index contributed by atoms with van der Waals surface area (Å²) in [5, 5.41) is 11.8. The zero-order valence-corrected chi connectivity index (χ0v) is 11.6. The molecule has 1 amide bonds. The summed E-state index contributed by atoms with van der Waals surface area (Å²) < 4.78 is 18.6. The molecule has 2 rings (SSSR count). The van der Waals surface area contributed by atoms with Crippen molar-refractivity contribution in [1.29, 1.82) is 0 Å². The smallest absolute Gasteiger partial charge is 0.303 e. The standard InChI is InChI=1S/C15H16FNO4/c1-9-11-8-10(16)5-6-12(11)21-14(9)15(20)17-7-3-2-4-13(18)19/h5-6,8H,2-4,7H2,1H3,(H,17,20)(H,18,19). The van der Waals surface area contributed by atoms with Gasteiger partial charge < -0.3 is 14.8 Å². The average molecular weight is 293 g/mol. The Hall–Kier alpha value is -2.37. The van der Waals surface area contributed by atoms with Gasteiger partial charge in [0, 0.05) is 23.9 Å². The largest absolute Gasteiger partial charge is 0.481 e. The van der Waals surface area contributed by atoms with Crippen LogP contribution in [0.4, 0.5) is 4.39 Å². The maximum Gasteiger partial charge on any atom is 0.303 e. The van der Waals surface area contributed by atoms with E-state index in [2.05, 4.69) is 5.32 Å². The molecule has 0 unspecified atom stereocenters. The molecule has 0 spiro atoms. The second-order valence-corrected chi connectivity index (χ2v) is 4.80. The van der Waals surface area contributed by atoms with Crippen molar-refractivity contribution < 1.29 is 23.5 Å². The predicted octanol–water partition coefficient (Wildman–Crippen LogP) is 2.87. The summed E-state index contributed by atoms with van der Waals surface area (Å²) in [5.74, 6) is -1.45. The number of nitrogens with one attached hydrogen (secondary N) is 1. The first kappa shape index (κ1) is 15.0. The van der Waals surface area contributed by atoms with Gasteiger partial charge in [-0.25, -0.2) is 4.39 Å². The molecule has 0 saturated heterocycles. The highest BCUT2D eigenvalue weighted by Crippen LogP contribution is 2.25. The fourth-order valence-electron chi connectivity index (χ4n) is 2.09. The lowest BCUT2D eigenvalue weighted by atomic mass is 10.1.